The standard InChI is InChI=1S/C28H32N2O4/c1-6-14-30-25(21-16-29(5)22-11-9-8-10-19(21)22)24(27(32)28(30)33)26(31)18-12-13-23(34-7-2)20(15-18)17(3)4/h8-13,15-17,25,31H,6-7,14H2,1-5H3/b26-24+. The summed E-state index contributed by atoms with van der Waals surface area (Å²) in [6.07, 6.45) is 2.66. The Balaban J connectivity index is 1.94. The Bertz CT molecular complexity index is 1280. The number of fused-ring (bicyclic) bond motifs is 1. The number of carbonyl (C=O) groups is 2. The molecule has 1 unspecified atom stereocenters. The number of likely N-dealkylation sites (tertiary alicyclic amines) is 1. The van der Waals surface area contributed by atoms with Crippen LogP contribution in [0.3, 0.4) is 0 Å². The van der Waals surface area contributed by atoms with Gasteiger partial charge in [0.15, 0.2) is 0 Å². The summed E-state index contributed by atoms with van der Waals surface area (Å²) in [6.45, 7) is 8.97. The van der Waals surface area contributed by atoms with Crippen LogP contribution in [0.1, 0.15) is 62.8 Å². The van der Waals surface area contributed by atoms with Gasteiger partial charge in [0.2, 0.25) is 0 Å². The van der Waals surface area contributed by atoms with Crippen LogP contribution in [0.4, 0.5) is 0 Å². The van der Waals surface area contributed by atoms with Crippen LogP contribution < -0.4 is 4.74 Å². The summed E-state index contributed by atoms with van der Waals surface area (Å²) in [5.74, 6) is -0.461. The molecule has 1 aliphatic rings. The molecule has 6 nitrogen and oxygen atoms in total. The van der Waals surface area contributed by atoms with Crippen molar-refractivity contribution in [3.63, 3.8) is 0 Å². The first-order valence-corrected chi connectivity index (χ1v) is 11.9. The quantitative estimate of drug-likeness (QED) is 0.286. The molecule has 1 amide bonds. The first-order valence-electron chi connectivity index (χ1n) is 11.9. The molecule has 2 aromatic carbocycles. The summed E-state index contributed by atoms with van der Waals surface area (Å²) < 4.78 is 7.75. The number of ketones is 1. The summed E-state index contributed by atoms with van der Waals surface area (Å²) in [6, 6.07) is 12.7. The summed E-state index contributed by atoms with van der Waals surface area (Å²) in [4.78, 5) is 28.0. The Hall–Kier alpha value is -3.54. The Morgan fingerprint density at radius 1 is 1.12 bits per heavy atom. The monoisotopic (exact) mass is 460 g/mol. The van der Waals surface area contributed by atoms with Crippen molar-refractivity contribution in [2.24, 2.45) is 7.05 Å². The number of rotatable bonds is 7. The molecule has 3 aromatic rings. The van der Waals surface area contributed by atoms with E-state index in [0.29, 0.717) is 25.1 Å². The lowest BCUT2D eigenvalue weighted by molar-refractivity contribution is -0.139. The number of nitrogens with zero attached hydrogens (tertiary/aromatic N) is 2. The van der Waals surface area contributed by atoms with Gasteiger partial charge in [-0.2, -0.15) is 0 Å². The minimum Gasteiger partial charge on any atom is -0.507 e. The number of hydrogen-bond acceptors (Lipinski definition) is 4. The molecule has 34 heavy (non-hydrogen) atoms. The number of aliphatic hydroxyl groups is 1. The van der Waals surface area contributed by atoms with Crippen LogP contribution in [0.25, 0.3) is 16.7 Å². The van der Waals surface area contributed by atoms with Gasteiger partial charge in [0.05, 0.1) is 18.2 Å². The van der Waals surface area contributed by atoms with Gasteiger partial charge in [-0.25, -0.2) is 0 Å². The number of hydrogen-bond donors (Lipinski definition) is 1. The van der Waals surface area contributed by atoms with Crippen molar-refractivity contribution in [1.82, 2.24) is 9.47 Å². The number of amides is 1. The topological polar surface area (TPSA) is 71.8 Å². The van der Waals surface area contributed by atoms with Gasteiger partial charge >= 0.3 is 0 Å². The van der Waals surface area contributed by atoms with Crippen LogP contribution in [0, 0.1) is 0 Å². The molecule has 1 aromatic heterocycles. The molecule has 0 bridgehead atoms. The average Bonchev–Trinajstić information content (AvgIpc) is 3.28. The SMILES string of the molecule is CCCN1C(=O)C(=O)/C(=C(/O)c2ccc(OCC)c(C(C)C)c2)C1c1cn(C)c2ccccc12. The third kappa shape index (κ3) is 3.87. The van der Waals surface area contributed by atoms with Gasteiger partial charge in [0.1, 0.15) is 11.5 Å². The first kappa shape index (κ1) is 23.6. The molecule has 2 heterocycles. The second-order valence-electron chi connectivity index (χ2n) is 9.05. The van der Waals surface area contributed by atoms with E-state index in [1.807, 2.05) is 68.1 Å². The van der Waals surface area contributed by atoms with E-state index in [2.05, 4.69) is 13.8 Å². The highest BCUT2D eigenvalue weighted by Crippen LogP contribution is 2.43. The minimum absolute atomic E-state index is 0.133. The fourth-order valence-electron chi connectivity index (χ4n) is 4.86. The third-order valence-corrected chi connectivity index (χ3v) is 6.43. The molecule has 178 valence electrons. The van der Waals surface area contributed by atoms with Crippen molar-refractivity contribution in [1.29, 1.82) is 0 Å². The number of benzene rings is 2. The van der Waals surface area contributed by atoms with Crippen LogP contribution in [-0.2, 0) is 16.6 Å². The molecule has 0 spiro atoms. The van der Waals surface area contributed by atoms with Crippen LogP contribution in [0.2, 0.25) is 0 Å². The van der Waals surface area contributed by atoms with Gasteiger partial charge in [0.25, 0.3) is 11.7 Å². The van der Waals surface area contributed by atoms with Gasteiger partial charge in [-0.1, -0.05) is 39.0 Å². The maximum absolute atomic E-state index is 13.3. The minimum atomic E-state index is -0.653. The van der Waals surface area contributed by atoms with Crippen molar-refractivity contribution in [3.8, 4) is 5.75 Å². The second kappa shape index (κ2) is 9.37. The van der Waals surface area contributed by atoms with Crippen LogP contribution in [0.15, 0.2) is 54.2 Å². The Labute approximate surface area is 200 Å². The number of aryl methyl sites for hydroxylation is 1. The maximum atomic E-state index is 13.3. The van der Waals surface area contributed by atoms with Crippen LogP contribution in [-0.4, -0.2) is 39.4 Å². The fourth-order valence-corrected chi connectivity index (χ4v) is 4.86. The number of carbonyl (C=O) groups excluding carboxylic acids is 2. The Morgan fingerprint density at radius 3 is 2.53 bits per heavy atom. The highest BCUT2D eigenvalue weighted by atomic mass is 16.5. The molecule has 1 saturated heterocycles. The van der Waals surface area contributed by atoms with Crippen LogP contribution >= 0.6 is 0 Å². The fraction of sp³-hybridized carbons (Fsp3) is 0.357. The van der Waals surface area contributed by atoms with E-state index in [1.54, 1.807) is 11.0 Å². The summed E-state index contributed by atoms with van der Waals surface area (Å²) in [5, 5.41) is 12.4. The molecule has 1 N–H and O–H groups in total. The number of ether oxygens (including phenoxy) is 1. The Kier molecular flexibility index (Phi) is 6.51. The zero-order chi connectivity index (χ0) is 24.6. The predicted octanol–water partition coefficient (Wildman–Crippen LogP) is 5.53. The summed E-state index contributed by atoms with van der Waals surface area (Å²) >= 11 is 0. The van der Waals surface area contributed by atoms with Gasteiger partial charge in [0, 0.05) is 41.8 Å². The zero-order valence-electron chi connectivity index (χ0n) is 20.5. The Morgan fingerprint density at radius 2 is 1.85 bits per heavy atom. The lowest BCUT2D eigenvalue weighted by Gasteiger charge is -2.24. The van der Waals surface area contributed by atoms with Crippen molar-refractivity contribution in [2.75, 3.05) is 13.2 Å². The van der Waals surface area contributed by atoms with E-state index >= 15 is 0 Å². The molecule has 0 saturated carbocycles. The molecule has 4 rings (SSSR count). The number of aromatic nitrogens is 1. The molecule has 1 aliphatic heterocycles. The van der Waals surface area contributed by atoms with Crippen LogP contribution in [0.5, 0.6) is 5.75 Å². The summed E-state index contributed by atoms with van der Waals surface area (Å²) in [5.41, 5.74) is 3.42. The average molecular weight is 461 g/mol. The van der Waals surface area contributed by atoms with E-state index in [-0.39, 0.29) is 17.3 Å². The molecule has 1 fully saturated rings. The molecule has 6 heteroatoms. The first-order chi connectivity index (χ1) is 16.3. The lowest BCUT2D eigenvalue weighted by atomic mass is 9.93. The van der Waals surface area contributed by atoms with Crippen molar-refractivity contribution in [2.45, 2.75) is 46.1 Å². The molecular weight excluding hydrogens is 428 g/mol. The van der Waals surface area contributed by atoms with Gasteiger partial charge in [-0.3, -0.25) is 9.59 Å². The largest absolute Gasteiger partial charge is 0.507 e. The van der Waals surface area contributed by atoms with Gasteiger partial charge in [-0.05, 0) is 49.1 Å². The van der Waals surface area contributed by atoms with E-state index in [9.17, 15) is 14.7 Å². The van der Waals surface area contributed by atoms with Crippen molar-refractivity contribution >= 4 is 28.4 Å². The number of aliphatic hydroxyl groups excluding tert-OH is 1. The normalized spacial score (nSPS) is 17.8. The second-order valence-corrected chi connectivity index (χ2v) is 9.05. The maximum Gasteiger partial charge on any atom is 0.295 e. The van der Waals surface area contributed by atoms with Gasteiger partial charge in [-0.15, -0.1) is 0 Å². The van der Waals surface area contributed by atoms with E-state index in [4.69, 9.17) is 4.74 Å². The summed E-state index contributed by atoms with van der Waals surface area (Å²) in [7, 11) is 1.94. The zero-order valence-corrected chi connectivity index (χ0v) is 20.5. The van der Waals surface area contributed by atoms with Gasteiger partial charge < -0.3 is 19.3 Å². The van der Waals surface area contributed by atoms with E-state index in [1.165, 1.54) is 0 Å². The smallest absolute Gasteiger partial charge is 0.295 e. The van der Waals surface area contributed by atoms with E-state index < -0.39 is 17.7 Å². The molecule has 0 aliphatic carbocycles. The highest BCUT2D eigenvalue weighted by Gasteiger charge is 2.46. The molecule has 0 radical (unpaired) electrons. The van der Waals surface area contributed by atoms with E-state index in [0.717, 1.165) is 27.8 Å². The van der Waals surface area contributed by atoms with Crippen molar-refractivity contribution in [3.05, 3.63) is 70.9 Å². The molecular formula is C28H32N2O4. The van der Waals surface area contributed by atoms with Crippen molar-refractivity contribution < 1.29 is 19.4 Å². The molecule has 1 atom stereocenters. The lowest BCUT2D eigenvalue weighted by Crippen LogP contribution is -2.30. The number of Topliss-reactive ketones (excluding diaryl/α,β-unsaturated/α-hetero) is 1. The number of para-hydroxylation sites is 1. The highest BCUT2D eigenvalue weighted by molar-refractivity contribution is 6.46. The third-order valence-electron chi connectivity index (χ3n) is 6.43. The predicted molar refractivity (Wildman–Crippen MR) is 134 cm³/mol.